The van der Waals surface area contributed by atoms with Gasteiger partial charge in [-0.3, -0.25) is 4.79 Å². The van der Waals surface area contributed by atoms with Crippen LogP contribution in [0.2, 0.25) is 0 Å². The Morgan fingerprint density at radius 3 is 2.69 bits per heavy atom. The highest BCUT2D eigenvalue weighted by atomic mass is 19.1. The SMILES string of the molecule is CC1(c2cccc(O)c2)C=C(c2cc(F)ccc2F)CCN1C(=O)[C@@H](N)C1CC1. The van der Waals surface area contributed by atoms with Crippen LogP contribution < -0.4 is 5.73 Å². The molecular weight excluding hydrogens is 374 g/mol. The average molecular weight is 398 g/mol. The summed E-state index contributed by atoms with van der Waals surface area (Å²) in [4.78, 5) is 14.9. The molecule has 0 aromatic heterocycles. The number of phenolic OH excluding ortho intramolecular Hbond substituents is 1. The lowest BCUT2D eigenvalue weighted by Crippen LogP contribution is -2.55. The quantitative estimate of drug-likeness (QED) is 0.820. The molecule has 152 valence electrons. The van der Waals surface area contributed by atoms with E-state index in [-0.39, 0.29) is 23.1 Å². The Labute approximate surface area is 168 Å². The minimum atomic E-state index is -0.950. The number of benzene rings is 2. The maximum atomic E-state index is 14.4. The van der Waals surface area contributed by atoms with Gasteiger partial charge in [0.05, 0.1) is 11.6 Å². The molecule has 1 saturated carbocycles. The van der Waals surface area contributed by atoms with Crippen molar-refractivity contribution in [2.24, 2.45) is 11.7 Å². The second-order valence-electron chi connectivity index (χ2n) is 8.09. The zero-order valence-electron chi connectivity index (χ0n) is 16.2. The van der Waals surface area contributed by atoms with Crippen LogP contribution in [0.3, 0.4) is 0 Å². The standard InChI is InChI=1S/C23H24F2N2O2/c1-23(16-3-2-4-18(28)11-16)13-15(19-12-17(24)7-8-20(19)25)9-10-27(23)22(29)21(26)14-5-6-14/h2-4,7-8,11-14,21,28H,5-6,9-10,26H2,1H3/t21-,23?/m0/s1. The molecule has 1 heterocycles. The van der Waals surface area contributed by atoms with E-state index in [0.29, 0.717) is 24.1 Å². The first kappa shape index (κ1) is 19.6. The highest BCUT2D eigenvalue weighted by Gasteiger charge is 2.43. The Hall–Kier alpha value is -2.73. The summed E-state index contributed by atoms with van der Waals surface area (Å²) in [6.07, 6.45) is 4.07. The number of amides is 1. The van der Waals surface area contributed by atoms with Crippen LogP contribution in [0.1, 0.15) is 37.3 Å². The molecule has 4 rings (SSSR count). The van der Waals surface area contributed by atoms with Crippen LogP contribution in [0.5, 0.6) is 5.75 Å². The molecular formula is C23H24F2N2O2. The summed E-state index contributed by atoms with van der Waals surface area (Å²) in [5.41, 5.74) is 6.75. The normalized spacial score (nSPS) is 22.9. The smallest absolute Gasteiger partial charge is 0.240 e. The number of nitrogens with two attached hydrogens (primary N) is 1. The van der Waals surface area contributed by atoms with E-state index in [1.807, 2.05) is 13.0 Å². The first-order chi connectivity index (χ1) is 13.8. The first-order valence-corrected chi connectivity index (χ1v) is 9.83. The lowest BCUT2D eigenvalue weighted by molar-refractivity contribution is -0.138. The third-order valence-corrected chi connectivity index (χ3v) is 6.01. The van der Waals surface area contributed by atoms with Gasteiger partial charge in [-0.2, -0.15) is 0 Å². The minimum absolute atomic E-state index is 0.0695. The zero-order chi connectivity index (χ0) is 20.8. The van der Waals surface area contributed by atoms with Gasteiger partial charge < -0.3 is 15.7 Å². The van der Waals surface area contributed by atoms with Crippen molar-refractivity contribution in [1.82, 2.24) is 4.90 Å². The fraction of sp³-hybridized carbons (Fsp3) is 0.348. The molecule has 29 heavy (non-hydrogen) atoms. The van der Waals surface area contributed by atoms with Crippen molar-refractivity contribution in [2.75, 3.05) is 6.54 Å². The molecule has 4 nitrogen and oxygen atoms in total. The first-order valence-electron chi connectivity index (χ1n) is 9.83. The number of carbonyl (C=O) groups excluding carboxylic acids is 1. The molecule has 1 aliphatic carbocycles. The number of nitrogens with zero attached hydrogens (tertiary/aromatic N) is 1. The molecule has 0 bridgehead atoms. The lowest BCUT2D eigenvalue weighted by atomic mass is 9.81. The van der Waals surface area contributed by atoms with E-state index in [9.17, 15) is 18.7 Å². The Morgan fingerprint density at radius 1 is 1.24 bits per heavy atom. The number of carbonyl (C=O) groups is 1. The second kappa shape index (κ2) is 7.26. The van der Waals surface area contributed by atoms with E-state index in [2.05, 4.69) is 0 Å². The second-order valence-corrected chi connectivity index (χ2v) is 8.09. The van der Waals surface area contributed by atoms with Gasteiger partial charge in [-0.1, -0.05) is 18.2 Å². The number of hydrogen-bond donors (Lipinski definition) is 2. The van der Waals surface area contributed by atoms with Gasteiger partial charge in [-0.25, -0.2) is 8.78 Å². The summed E-state index contributed by atoms with van der Waals surface area (Å²) in [6.45, 7) is 2.17. The third kappa shape index (κ3) is 3.65. The van der Waals surface area contributed by atoms with Crippen molar-refractivity contribution in [3.05, 3.63) is 71.3 Å². The molecule has 1 aliphatic heterocycles. The monoisotopic (exact) mass is 398 g/mol. The molecule has 2 aromatic carbocycles. The summed E-state index contributed by atoms with van der Waals surface area (Å²) < 4.78 is 28.2. The molecule has 0 saturated heterocycles. The van der Waals surface area contributed by atoms with Gasteiger partial charge in [0.1, 0.15) is 17.4 Å². The van der Waals surface area contributed by atoms with Crippen molar-refractivity contribution in [3.63, 3.8) is 0 Å². The Balaban J connectivity index is 1.81. The van der Waals surface area contributed by atoms with E-state index in [4.69, 9.17) is 5.73 Å². The Bertz CT molecular complexity index is 987. The van der Waals surface area contributed by atoms with Crippen LogP contribution >= 0.6 is 0 Å². The molecule has 2 atom stereocenters. The molecule has 2 aromatic rings. The molecule has 2 aliphatic rings. The van der Waals surface area contributed by atoms with Gasteiger partial charge in [0.15, 0.2) is 0 Å². The number of aromatic hydroxyl groups is 1. The van der Waals surface area contributed by atoms with Crippen LogP contribution in [-0.4, -0.2) is 28.5 Å². The maximum absolute atomic E-state index is 14.4. The van der Waals surface area contributed by atoms with Gasteiger partial charge in [0, 0.05) is 12.1 Å². The van der Waals surface area contributed by atoms with Gasteiger partial charge >= 0.3 is 0 Å². The van der Waals surface area contributed by atoms with Crippen molar-refractivity contribution in [2.45, 2.75) is 37.8 Å². The average Bonchev–Trinajstić information content (AvgIpc) is 3.54. The number of halogens is 2. The van der Waals surface area contributed by atoms with Crippen molar-refractivity contribution < 1.29 is 18.7 Å². The molecule has 0 spiro atoms. The van der Waals surface area contributed by atoms with E-state index >= 15 is 0 Å². The summed E-state index contributed by atoms with van der Waals surface area (Å²) in [5, 5.41) is 10.00. The topological polar surface area (TPSA) is 66.6 Å². The summed E-state index contributed by atoms with van der Waals surface area (Å²) in [7, 11) is 0. The third-order valence-electron chi connectivity index (χ3n) is 6.01. The molecule has 6 heteroatoms. The highest BCUT2D eigenvalue weighted by molar-refractivity contribution is 5.85. The predicted octanol–water partition coefficient (Wildman–Crippen LogP) is 3.94. The number of phenols is 1. The van der Waals surface area contributed by atoms with Crippen molar-refractivity contribution in [1.29, 1.82) is 0 Å². The summed E-state index contributed by atoms with van der Waals surface area (Å²) in [5.74, 6) is -0.920. The molecule has 1 unspecified atom stereocenters. The van der Waals surface area contributed by atoms with E-state index in [1.165, 1.54) is 6.07 Å². The van der Waals surface area contributed by atoms with E-state index < -0.39 is 23.2 Å². The molecule has 3 N–H and O–H groups in total. The lowest BCUT2D eigenvalue weighted by Gasteiger charge is -2.45. The van der Waals surface area contributed by atoms with Crippen LogP contribution in [0.25, 0.3) is 5.57 Å². The van der Waals surface area contributed by atoms with Crippen LogP contribution in [0.15, 0.2) is 48.5 Å². The zero-order valence-corrected chi connectivity index (χ0v) is 16.2. The fourth-order valence-electron chi connectivity index (χ4n) is 4.15. The van der Waals surface area contributed by atoms with E-state index in [1.54, 1.807) is 29.2 Å². The van der Waals surface area contributed by atoms with Crippen molar-refractivity contribution in [3.8, 4) is 5.75 Å². The maximum Gasteiger partial charge on any atom is 0.240 e. The molecule has 0 radical (unpaired) electrons. The molecule has 1 amide bonds. The fourth-order valence-corrected chi connectivity index (χ4v) is 4.15. The summed E-state index contributed by atoms with van der Waals surface area (Å²) >= 11 is 0. The van der Waals surface area contributed by atoms with Crippen molar-refractivity contribution >= 4 is 11.5 Å². The summed E-state index contributed by atoms with van der Waals surface area (Å²) in [6, 6.07) is 9.44. The van der Waals surface area contributed by atoms with Crippen LogP contribution in [0, 0.1) is 17.6 Å². The van der Waals surface area contributed by atoms with E-state index in [0.717, 1.165) is 25.0 Å². The highest BCUT2D eigenvalue weighted by Crippen LogP contribution is 2.42. The molecule has 1 fully saturated rings. The van der Waals surface area contributed by atoms with Crippen LogP contribution in [0.4, 0.5) is 8.78 Å². The van der Waals surface area contributed by atoms with Gasteiger partial charge in [-0.15, -0.1) is 0 Å². The van der Waals surface area contributed by atoms with Gasteiger partial charge in [0.25, 0.3) is 0 Å². The predicted molar refractivity (Wildman–Crippen MR) is 107 cm³/mol. The number of hydrogen-bond acceptors (Lipinski definition) is 3. The van der Waals surface area contributed by atoms with Gasteiger partial charge in [0.2, 0.25) is 5.91 Å². The Kier molecular flexibility index (Phi) is 4.90. The Morgan fingerprint density at radius 2 is 2.00 bits per heavy atom. The van der Waals surface area contributed by atoms with Crippen LogP contribution in [-0.2, 0) is 10.3 Å². The largest absolute Gasteiger partial charge is 0.508 e. The van der Waals surface area contributed by atoms with Gasteiger partial charge in [-0.05, 0) is 73.6 Å². The number of rotatable bonds is 4. The minimum Gasteiger partial charge on any atom is -0.508 e.